The zero-order chi connectivity index (χ0) is 19.5. The van der Waals surface area contributed by atoms with Gasteiger partial charge in [0.25, 0.3) is 5.91 Å². The maximum Gasteiger partial charge on any atom is 0.253 e. The Bertz CT molecular complexity index is 756. The Balaban J connectivity index is 1.30. The van der Waals surface area contributed by atoms with E-state index in [2.05, 4.69) is 20.9 Å². The van der Waals surface area contributed by atoms with Crippen molar-refractivity contribution in [3.05, 3.63) is 29.8 Å². The zero-order valence-electron chi connectivity index (χ0n) is 15.9. The smallest absolute Gasteiger partial charge is 0.253 e. The number of nitrogens with one attached hydrogen (secondary N) is 3. The van der Waals surface area contributed by atoms with E-state index in [4.69, 9.17) is 0 Å². The molecular formula is C20H27N5O3. The quantitative estimate of drug-likeness (QED) is 0.612. The number of rotatable bonds is 5. The van der Waals surface area contributed by atoms with Crippen molar-refractivity contribution in [1.29, 1.82) is 0 Å². The highest BCUT2D eigenvalue weighted by Crippen LogP contribution is 2.22. The van der Waals surface area contributed by atoms with Gasteiger partial charge in [0.2, 0.25) is 11.8 Å². The van der Waals surface area contributed by atoms with Gasteiger partial charge in [-0.1, -0.05) is 6.07 Å². The Labute approximate surface area is 164 Å². The molecule has 1 aromatic carbocycles. The van der Waals surface area contributed by atoms with E-state index in [1.807, 2.05) is 23.1 Å². The number of benzene rings is 1. The van der Waals surface area contributed by atoms with Crippen LogP contribution in [0.1, 0.15) is 23.2 Å². The molecule has 0 aliphatic carbocycles. The first kappa shape index (κ1) is 18.9. The molecular weight excluding hydrogens is 358 g/mol. The monoisotopic (exact) mass is 385 g/mol. The molecule has 3 aliphatic rings. The number of piperazine rings is 1. The summed E-state index contributed by atoms with van der Waals surface area (Å²) in [5, 5.41) is 8.83. The van der Waals surface area contributed by atoms with Crippen molar-refractivity contribution in [2.45, 2.75) is 18.9 Å². The van der Waals surface area contributed by atoms with Crippen LogP contribution in [0.15, 0.2) is 24.3 Å². The molecule has 1 aromatic rings. The van der Waals surface area contributed by atoms with Gasteiger partial charge >= 0.3 is 0 Å². The van der Waals surface area contributed by atoms with Crippen LogP contribution in [0.5, 0.6) is 0 Å². The summed E-state index contributed by atoms with van der Waals surface area (Å²) in [7, 11) is 0. The molecule has 4 rings (SSSR count). The fourth-order valence-corrected chi connectivity index (χ4v) is 4.07. The highest BCUT2D eigenvalue weighted by molar-refractivity contribution is 6.01. The van der Waals surface area contributed by atoms with E-state index in [-0.39, 0.29) is 17.7 Å². The fourth-order valence-electron chi connectivity index (χ4n) is 4.07. The van der Waals surface area contributed by atoms with Gasteiger partial charge in [-0.05, 0) is 24.6 Å². The van der Waals surface area contributed by atoms with E-state index in [0.717, 1.165) is 51.5 Å². The Morgan fingerprint density at radius 1 is 1.18 bits per heavy atom. The number of carbonyl (C=O) groups is 3. The first-order chi connectivity index (χ1) is 13.6. The minimum atomic E-state index is -0.449. The Morgan fingerprint density at radius 2 is 1.96 bits per heavy atom. The molecule has 3 amide bonds. The van der Waals surface area contributed by atoms with Gasteiger partial charge in [0.05, 0.1) is 0 Å². The van der Waals surface area contributed by atoms with Gasteiger partial charge in [0, 0.05) is 69.4 Å². The van der Waals surface area contributed by atoms with Crippen LogP contribution < -0.4 is 16.0 Å². The van der Waals surface area contributed by atoms with Crippen molar-refractivity contribution < 1.29 is 14.4 Å². The summed E-state index contributed by atoms with van der Waals surface area (Å²) in [6, 6.07) is 6.80. The molecule has 8 nitrogen and oxygen atoms in total. The van der Waals surface area contributed by atoms with E-state index in [1.165, 1.54) is 0 Å². The van der Waals surface area contributed by atoms with Gasteiger partial charge in [-0.15, -0.1) is 0 Å². The molecule has 0 radical (unpaired) electrons. The maximum absolute atomic E-state index is 12.8. The van der Waals surface area contributed by atoms with Crippen LogP contribution >= 0.6 is 0 Å². The average Bonchev–Trinajstić information content (AvgIpc) is 2.67. The van der Waals surface area contributed by atoms with Crippen molar-refractivity contribution in [2.24, 2.45) is 5.92 Å². The van der Waals surface area contributed by atoms with Crippen LogP contribution in [0, 0.1) is 5.92 Å². The van der Waals surface area contributed by atoms with E-state index in [0.29, 0.717) is 24.3 Å². The fraction of sp³-hybridized carbons (Fsp3) is 0.550. The number of carbonyl (C=O) groups excluding carboxylic acids is 3. The number of likely N-dealkylation sites (tertiary alicyclic amines) is 1. The lowest BCUT2D eigenvalue weighted by molar-refractivity contribution is -0.133. The minimum absolute atomic E-state index is 0.0310. The summed E-state index contributed by atoms with van der Waals surface area (Å²) in [6.07, 6.45) is 0.785. The molecule has 0 bridgehead atoms. The second kappa shape index (κ2) is 8.28. The maximum atomic E-state index is 12.8. The lowest BCUT2D eigenvalue weighted by Gasteiger charge is -2.42. The normalized spacial score (nSPS) is 23.9. The first-order valence-electron chi connectivity index (χ1n) is 10.0. The van der Waals surface area contributed by atoms with Gasteiger partial charge in [0.15, 0.2) is 0 Å². The van der Waals surface area contributed by atoms with Crippen LogP contribution in [-0.4, -0.2) is 79.4 Å². The van der Waals surface area contributed by atoms with E-state index < -0.39 is 6.04 Å². The summed E-state index contributed by atoms with van der Waals surface area (Å²) < 4.78 is 0. The second-order valence-corrected chi connectivity index (χ2v) is 7.86. The van der Waals surface area contributed by atoms with Gasteiger partial charge in [0.1, 0.15) is 6.04 Å². The van der Waals surface area contributed by atoms with Crippen LogP contribution in [0.25, 0.3) is 0 Å². The standard InChI is InChI=1S/C20H27N5O3/c26-18-5-4-17(19(27)23-18)22-16-3-1-2-15(10-16)20(28)25-12-14(13-25)11-24-8-6-21-7-9-24/h1-3,10,14,17,21-22H,4-9,11-13H2,(H,23,26,27). The highest BCUT2D eigenvalue weighted by Gasteiger charge is 2.33. The van der Waals surface area contributed by atoms with Crippen molar-refractivity contribution in [3.63, 3.8) is 0 Å². The summed E-state index contributed by atoms with van der Waals surface area (Å²) in [4.78, 5) is 40.3. The van der Waals surface area contributed by atoms with Crippen molar-refractivity contribution in [3.8, 4) is 0 Å². The van der Waals surface area contributed by atoms with Crippen LogP contribution in [-0.2, 0) is 9.59 Å². The minimum Gasteiger partial charge on any atom is -0.374 e. The molecule has 0 aromatic heterocycles. The van der Waals surface area contributed by atoms with Crippen molar-refractivity contribution in [1.82, 2.24) is 20.4 Å². The predicted octanol–water partition coefficient (Wildman–Crippen LogP) is -0.119. The number of amides is 3. The number of nitrogens with zero attached hydrogens (tertiary/aromatic N) is 2. The molecule has 150 valence electrons. The molecule has 0 spiro atoms. The molecule has 3 fully saturated rings. The predicted molar refractivity (Wildman–Crippen MR) is 105 cm³/mol. The lowest BCUT2D eigenvalue weighted by Crippen LogP contribution is -2.55. The lowest BCUT2D eigenvalue weighted by atomic mass is 9.97. The number of imide groups is 1. The van der Waals surface area contributed by atoms with E-state index in [1.54, 1.807) is 6.07 Å². The molecule has 28 heavy (non-hydrogen) atoms. The molecule has 1 atom stereocenters. The van der Waals surface area contributed by atoms with Gasteiger partial charge < -0.3 is 20.4 Å². The third-order valence-electron chi connectivity index (χ3n) is 5.66. The Morgan fingerprint density at radius 3 is 2.71 bits per heavy atom. The first-order valence-corrected chi connectivity index (χ1v) is 10.0. The summed E-state index contributed by atoms with van der Waals surface area (Å²) in [6.45, 7) is 6.91. The third kappa shape index (κ3) is 4.34. The summed E-state index contributed by atoms with van der Waals surface area (Å²) in [5.74, 6) is 0.0296. The topological polar surface area (TPSA) is 93.8 Å². The Hall–Kier alpha value is -2.45. The zero-order valence-corrected chi connectivity index (χ0v) is 15.9. The largest absolute Gasteiger partial charge is 0.374 e. The number of anilines is 1. The highest BCUT2D eigenvalue weighted by atomic mass is 16.2. The molecule has 3 heterocycles. The summed E-state index contributed by atoms with van der Waals surface area (Å²) in [5.41, 5.74) is 1.34. The van der Waals surface area contributed by atoms with Crippen LogP contribution in [0.3, 0.4) is 0 Å². The molecule has 8 heteroatoms. The number of hydrogen-bond donors (Lipinski definition) is 3. The van der Waals surface area contributed by atoms with Crippen LogP contribution in [0.2, 0.25) is 0 Å². The van der Waals surface area contributed by atoms with Crippen molar-refractivity contribution in [2.75, 3.05) is 51.1 Å². The van der Waals surface area contributed by atoms with E-state index in [9.17, 15) is 14.4 Å². The SMILES string of the molecule is O=C1CCC(Nc2cccc(C(=O)N3CC(CN4CCNCC4)C3)c2)C(=O)N1. The molecule has 3 aliphatic heterocycles. The Kier molecular flexibility index (Phi) is 5.59. The van der Waals surface area contributed by atoms with Gasteiger partial charge in [-0.25, -0.2) is 0 Å². The number of piperidine rings is 1. The molecule has 3 N–H and O–H groups in total. The number of hydrogen-bond acceptors (Lipinski definition) is 6. The second-order valence-electron chi connectivity index (χ2n) is 7.86. The van der Waals surface area contributed by atoms with Gasteiger partial charge in [-0.2, -0.15) is 0 Å². The van der Waals surface area contributed by atoms with E-state index >= 15 is 0 Å². The molecule has 3 saturated heterocycles. The van der Waals surface area contributed by atoms with Crippen molar-refractivity contribution >= 4 is 23.4 Å². The third-order valence-corrected chi connectivity index (χ3v) is 5.66. The average molecular weight is 385 g/mol. The van der Waals surface area contributed by atoms with Crippen LogP contribution in [0.4, 0.5) is 5.69 Å². The summed E-state index contributed by atoms with van der Waals surface area (Å²) >= 11 is 0. The molecule has 1 unspecified atom stereocenters. The molecule has 0 saturated carbocycles. The van der Waals surface area contributed by atoms with Gasteiger partial charge in [-0.3, -0.25) is 19.7 Å².